The molecule has 1 aliphatic heterocycles. The van der Waals surface area contributed by atoms with Gasteiger partial charge in [0.1, 0.15) is 5.69 Å². The van der Waals surface area contributed by atoms with Gasteiger partial charge in [-0.05, 0) is 44.2 Å². The molecule has 5 nitrogen and oxygen atoms in total. The molecule has 0 unspecified atom stereocenters. The maximum absolute atomic E-state index is 12.7. The van der Waals surface area contributed by atoms with E-state index in [1.807, 2.05) is 41.3 Å². The smallest absolute Gasteiger partial charge is 0.255 e. The summed E-state index contributed by atoms with van der Waals surface area (Å²) in [5.74, 6) is 0.0178. The van der Waals surface area contributed by atoms with Crippen LogP contribution in [0.3, 0.4) is 0 Å². The molecule has 0 N–H and O–H groups in total. The molecule has 27 heavy (non-hydrogen) atoms. The van der Waals surface area contributed by atoms with Crippen molar-refractivity contribution >= 4 is 28.5 Å². The Labute approximate surface area is 163 Å². The van der Waals surface area contributed by atoms with Crippen LogP contribution in [0.5, 0.6) is 0 Å². The molecule has 0 bridgehead atoms. The third kappa shape index (κ3) is 3.70. The number of carbonyl (C=O) groups excluding carboxylic acids is 1. The van der Waals surface area contributed by atoms with Gasteiger partial charge in [-0.15, -0.1) is 0 Å². The van der Waals surface area contributed by atoms with Crippen LogP contribution in [0.4, 0.5) is 0 Å². The van der Waals surface area contributed by atoms with Crippen molar-refractivity contribution in [1.82, 2.24) is 15.0 Å². The number of aromatic nitrogens is 1. The van der Waals surface area contributed by atoms with Crippen molar-refractivity contribution in [2.45, 2.75) is 25.4 Å². The highest BCUT2D eigenvalue weighted by Gasteiger charge is 2.27. The lowest BCUT2D eigenvalue weighted by Crippen LogP contribution is -2.45. The number of fused-ring (bicyclic) bond motifs is 1. The second-order valence-corrected chi connectivity index (χ2v) is 7.45. The molecule has 1 aliphatic rings. The van der Waals surface area contributed by atoms with Gasteiger partial charge in [0.25, 0.3) is 5.91 Å². The monoisotopic (exact) mass is 383 g/mol. The Kier molecular flexibility index (Phi) is 5.14. The summed E-state index contributed by atoms with van der Waals surface area (Å²) < 4.78 is 5.40. The van der Waals surface area contributed by atoms with Crippen molar-refractivity contribution in [2.75, 3.05) is 20.1 Å². The number of benzene rings is 2. The summed E-state index contributed by atoms with van der Waals surface area (Å²) in [6.45, 7) is 2.21. The molecule has 0 saturated carbocycles. The van der Waals surface area contributed by atoms with Gasteiger partial charge in [-0.2, -0.15) is 0 Å². The van der Waals surface area contributed by atoms with E-state index in [4.69, 9.17) is 16.1 Å². The molecule has 2 heterocycles. The van der Waals surface area contributed by atoms with Crippen LogP contribution >= 0.6 is 11.6 Å². The van der Waals surface area contributed by atoms with E-state index in [2.05, 4.69) is 17.1 Å². The van der Waals surface area contributed by atoms with Gasteiger partial charge < -0.3 is 9.42 Å². The molecule has 1 aromatic heterocycles. The Hall–Kier alpha value is -2.37. The average molecular weight is 384 g/mol. The van der Waals surface area contributed by atoms with Gasteiger partial charge in [0.05, 0.1) is 10.6 Å². The minimum Gasteiger partial charge on any atom is -0.356 e. The van der Waals surface area contributed by atoms with E-state index in [0.29, 0.717) is 16.6 Å². The topological polar surface area (TPSA) is 49.6 Å². The minimum atomic E-state index is 0.0178. The fourth-order valence-corrected chi connectivity index (χ4v) is 3.95. The van der Waals surface area contributed by atoms with Crippen molar-refractivity contribution in [3.05, 3.63) is 64.8 Å². The van der Waals surface area contributed by atoms with Crippen LogP contribution in [-0.4, -0.2) is 47.0 Å². The minimum absolute atomic E-state index is 0.0178. The lowest BCUT2D eigenvalue weighted by Gasteiger charge is -2.36. The first-order valence-electron chi connectivity index (χ1n) is 9.21. The van der Waals surface area contributed by atoms with Gasteiger partial charge >= 0.3 is 0 Å². The number of nitrogens with zero attached hydrogens (tertiary/aromatic N) is 3. The normalized spacial score (nSPS) is 15.6. The van der Waals surface area contributed by atoms with Gasteiger partial charge in [0.15, 0.2) is 5.58 Å². The van der Waals surface area contributed by atoms with Gasteiger partial charge in [0.2, 0.25) is 0 Å². The Balaban J connectivity index is 1.37. The third-order valence-electron chi connectivity index (χ3n) is 5.33. The number of rotatable bonds is 4. The van der Waals surface area contributed by atoms with Crippen LogP contribution in [0.2, 0.25) is 5.02 Å². The summed E-state index contributed by atoms with van der Waals surface area (Å²) in [6, 6.07) is 15.6. The predicted molar refractivity (Wildman–Crippen MR) is 106 cm³/mol. The van der Waals surface area contributed by atoms with E-state index in [1.54, 1.807) is 12.1 Å². The number of halogens is 1. The van der Waals surface area contributed by atoms with Crippen molar-refractivity contribution in [3.63, 3.8) is 0 Å². The van der Waals surface area contributed by atoms with Gasteiger partial charge in [-0.3, -0.25) is 9.69 Å². The number of amides is 1. The SMILES string of the molecule is CN(Cc1noc2ccccc12)C1CCN(C(=O)c2ccccc2Cl)CC1. The molecule has 3 aromatic rings. The van der Waals surface area contributed by atoms with Crippen LogP contribution in [0.25, 0.3) is 11.0 Å². The Bertz CT molecular complexity index is 947. The molecular formula is C21H22ClN3O2. The fourth-order valence-electron chi connectivity index (χ4n) is 3.73. The molecule has 0 aliphatic carbocycles. The summed E-state index contributed by atoms with van der Waals surface area (Å²) in [4.78, 5) is 16.9. The van der Waals surface area contributed by atoms with Crippen LogP contribution < -0.4 is 0 Å². The van der Waals surface area contributed by atoms with Gasteiger partial charge in [0, 0.05) is 31.1 Å². The molecule has 0 spiro atoms. The number of likely N-dealkylation sites (tertiary alicyclic amines) is 1. The maximum Gasteiger partial charge on any atom is 0.255 e. The van der Waals surface area contributed by atoms with E-state index in [-0.39, 0.29) is 5.91 Å². The van der Waals surface area contributed by atoms with E-state index in [9.17, 15) is 4.79 Å². The second kappa shape index (κ2) is 7.71. The van der Waals surface area contributed by atoms with Gasteiger partial charge in [-0.1, -0.05) is 41.0 Å². The van der Waals surface area contributed by atoms with E-state index in [0.717, 1.165) is 49.1 Å². The first kappa shape index (κ1) is 18.0. The van der Waals surface area contributed by atoms with Gasteiger partial charge in [-0.25, -0.2) is 0 Å². The first-order valence-corrected chi connectivity index (χ1v) is 9.58. The summed E-state index contributed by atoms with van der Waals surface area (Å²) in [5.41, 5.74) is 2.36. The third-order valence-corrected chi connectivity index (χ3v) is 5.66. The van der Waals surface area contributed by atoms with Crippen LogP contribution in [0.1, 0.15) is 28.9 Å². The molecule has 1 amide bonds. The average Bonchev–Trinajstić information content (AvgIpc) is 3.11. The first-order chi connectivity index (χ1) is 13.1. The summed E-state index contributed by atoms with van der Waals surface area (Å²) in [5, 5.41) is 5.81. The lowest BCUT2D eigenvalue weighted by atomic mass is 10.0. The van der Waals surface area contributed by atoms with E-state index >= 15 is 0 Å². The zero-order valence-electron chi connectivity index (χ0n) is 15.3. The highest BCUT2D eigenvalue weighted by molar-refractivity contribution is 6.33. The lowest BCUT2D eigenvalue weighted by molar-refractivity contribution is 0.0638. The molecule has 140 valence electrons. The van der Waals surface area contributed by atoms with Crippen molar-refractivity contribution in [3.8, 4) is 0 Å². The highest BCUT2D eigenvalue weighted by Crippen LogP contribution is 2.24. The van der Waals surface area contributed by atoms with Crippen molar-refractivity contribution in [1.29, 1.82) is 0 Å². The quantitative estimate of drug-likeness (QED) is 0.676. The number of para-hydroxylation sites is 1. The summed E-state index contributed by atoms with van der Waals surface area (Å²) in [7, 11) is 2.11. The molecular weight excluding hydrogens is 362 g/mol. The molecule has 1 saturated heterocycles. The molecule has 1 fully saturated rings. The zero-order valence-corrected chi connectivity index (χ0v) is 16.0. The largest absolute Gasteiger partial charge is 0.356 e. The predicted octanol–water partition coefficient (Wildman–Crippen LogP) is 4.22. The van der Waals surface area contributed by atoms with E-state index in [1.165, 1.54) is 0 Å². The number of hydrogen-bond donors (Lipinski definition) is 0. The highest BCUT2D eigenvalue weighted by atomic mass is 35.5. The Morgan fingerprint density at radius 3 is 2.67 bits per heavy atom. The standard InChI is InChI=1S/C21H22ClN3O2/c1-24(14-19-17-7-3-5-9-20(17)27-23-19)15-10-12-25(13-11-15)21(26)16-6-2-4-8-18(16)22/h2-9,15H,10-14H2,1H3. The summed E-state index contributed by atoms with van der Waals surface area (Å²) >= 11 is 6.17. The Morgan fingerprint density at radius 2 is 1.89 bits per heavy atom. The molecule has 2 aromatic carbocycles. The summed E-state index contributed by atoms with van der Waals surface area (Å²) in [6.07, 6.45) is 1.87. The number of piperidine rings is 1. The molecule has 0 radical (unpaired) electrons. The number of carbonyl (C=O) groups is 1. The molecule has 0 atom stereocenters. The van der Waals surface area contributed by atoms with Crippen LogP contribution in [-0.2, 0) is 6.54 Å². The van der Waals surface area contributed by atoms with E-state index < -0.39 is 0 Å². The molecule has 6 heteroatoms. The van der Waals surface area contributed by atoms with Crippen LogP contribution in [0, 0.1) is 0 Å². The zero-order chi connectivity index (χ0) is 18.8. The van der Waals surface area contributed by atoms with Crippen molar-refractivity contribution in [2.24, 2.45) is 0 Å². The Morgan fingerprint density at radius 1 is 1.19 bits per heavy atom. The van der Waals surface area contributed by atoms with Crippen molar-refractivity contribution < 1.29 is 9.32 Å². The number of hydrogen-bond acceptors (Lipinski definition) is 4. The molecule has 4 rings (SSSR count). The fraction of sp³-hybridized carbons (Fsp3) is 0.333. The van der Waals surface area contributed by atoms with Crippen LogP contribution in [0.15, 0.2) is 53.1 Å². The maximum atomic E-state index is 12.7. The second-order valence-electron chi connectivity index (χ2n) is 7.04.